The number of hydrogen-bond donors (Lipinski definition) is 2. The summed E-state index contributed by atoms with van der Waals surface area (Å²) in [7, 11) is 1.92. The molecule has 0 saturated carbocycles. The molecule has 1 aromatic carbocycles. The molecule has 0 aliphatic carbocycles. The molecule has 0 spiro atoms. The minimum Gasteiger partial charge on any atom is -0.357 e. The summed E-state index contributed by atoms with van der Waals surface area (Å²) in [6, 6.07) is 7.76. The number of hydrogen-bond acceptors (Lipinski definition) is 2. The van der Waals surface area contributed by atoms with Crippen LogP contribution in [-0.2, 0) is 20.0 Å². The van der Waals surface area contributed by atoms with Crippen molar-refractivity contribution in [3.05, 3.63) is 52.8 Å². The summed E-state index contributed by atoms with van der Waals surface area (Å²) >= 11 is 5.99. The molecule has 0 saturated heterocycles. The lowest BCUT2D eigenvalue weighted by atomic mass is 10.2. The van der Waals surface area contributed by atoms with Crippen molar-refractivity contribution in [2.24, 2.45) is 12.0 Å². The second kappa shape index (κ2) is 10.5. The highest BCUT2D eigenvalue weighted by atomic mass is 127. The Morgan fingerprint density at radius 2 is 2.13 bits per heavy atom. The molecule has 1 heterocycles. The zero-order valence-corrected chi connectivity index (χ0v) is 16.5. The second-order valence-electron chi connectivity index (χ2n) is 5.02. The molecular formula is C16H23ClIN5. The first-order valence-corrected chi connectivity index (χ1v) is 7.79. The number of aryl methyl sites for hydroxylation is 1. The van der Waals surface area contributed by atoms with Gasteiger partial charge in [-0.1, -0.05) is 23.7 Å². The largest absolute Gasteiger partial charge is 0.357 e. The van der Waals surface area contributed by atoms with Crippen molar-refractivity contribution in [2.45, 2.75) is 19.9 Å². The number of nitrogens with zero attached hydrogens (tertiary/aromatic N) is 3. The van der Waals surface area contributed by atoms with Gasteiger partial charge >= 0.3 is 0 Å². The van der Waals surface area contributed by atoms with Gasteiger partial charge in [0.1, 0.15) is 0 Å². The fourth-order valence-corrected chi connectivity index (χ4v) is 2.29. The maximum atomic E-state index is 5.99. The first-order chi connectivity index (χ1) is 10.7. The lowest BCUT2D eigenvalue weighted by Gasteiger charge is -2.10. The molecule has 23 heavy (non-hydrogen) atoms. The Morgan fingerprint density at radius 3 is 2.78 bits per heavy atom. The standard InChI is InChI=1S/C16H22ClN5.HI/c1-3-18-16(19-8-7-14-11-21-22(2)12-14)20-10-13-5-4-6-15(17)9-13;/h4-6,9,11-12H,3,7-8,10H2,1-2H3,(H2,18,19,20);1H. The summed E-state index contributed by atoms with van der Waals surface area (Å²) in [6.45, 7) is 4.29. The number of aromatic nitrogens is 2. The minimum atomic E-state index is 0. The van der Waals surface area contributed by atoms with Gasteiger partial charge in [-0.15, -0.1) is 24.0 Å². The van der Waals surface area contributed by atoms with Crippen molar-refractivity contribution >= 4 is 41.5 Å². The fraction of sp³-hybridized carbons (Fsp3) is 0.375. The van der Waals surface area contributed by atoms with Crippen LogP contribution >= 0.6 is 35.6 Å². The van der Waals surface area contributed by atoms with E-state index in [0.717, 1.165) is 36.1 Å². The van der Waals surface area contributed by atoms with Gasteiger partial charge in [0.15, 0.2) is 5.96 Å². The lowest BCUT2D eigenvalue weighted by Crippen LogP contribution is -2.38. The third-order valence-corrected chi connectivity index (χ3v) is 3.35. The van der Waals surface area contributed by atoms with Crippen LogP contribution < -0.4 is 10.6 Å². The van der Waals surface area contributed by atoms with E-state index in [2.05, 4.69) is 27.6 Å². The van der Waals surface area contributed by atoms with Gasteiger partial charge < -0.3 is 10.6 Å². The average molecular weight is 448 g/mol. The number of aliphatic imine (C=N–C) groups is 1. The van der Waals surface area contributed by atoms with Crippen molar-refractivity contribution in [2.75, 3.05) is 13.1 Å². The molecule has 2 aromatic rings. The zero-order valence-electron chi connectivity index (χ0n) is 13.4. The SMILES string of the molecule is CCNC(=NCc1cccc(Cl)c1)NCCc1cnn(C)c1.I. The molecule has 0 radical (unpaired) electrons. The van der Waals surface area contributed by atoms with E-state index in [0.29, 0.717) is 6.54 Å². The summed E-state index contributed by atoms with van der Waals surface area (Å²) in [6.07, 6.45) is 4.82. The molecule has 126 valence electrons. The third-order valence-electron chi connectivity index (χ3n) is 3.12. The Bertz CT molecular complexity index is 626. The molecule has 0 atom stereocenters. The van der Waals surface area contributed by atoms with E-state index in [9.17, 15) is 0 Å². The highest BCUT2D eigenvalue weighted by molar-refractivity contribution is 14.0. The van der Waals surface area contributed by atoms with Crippen LogP contribution in [0.4, 0.5) is 0 Å². The Balaban J connectivity index is 0.00000264. The van der Waals surface area contributed by atoms with Crippen molar-refractivity contribution in [3.63, 3.8) is 0 Å². The van der Waals surface area contributed by atoms with Gasteiger partial charge in [-0.25, -0.2) is 4.99 Å². The summed E-state index contributed by atoms with van der Waals surface area (Å²) in [5.74, 6) is 0.811. The Hall–Kier alpha value is -1.28. The van der Waals surface area contributed by atoms with Gasteiger partial charge in [0.05, 0.1) is 12.7 Å². The predicted molar refractivity (Wildman–Crippen MR) is 107 cm³/mol. The summed E-state index contributed by atoms with van der Waals surface area (Å²) < 4.78 is 1.81. The first-order valence-electron chi connectivity index (χ1n) is 7.41. The first kappa shape index (κ1) is 19.8. The Labute approximate surface area is 159 Å². The average Bonchev–Trinajstić information content (AvgIpc) is 2.90. The van der Waals surface area contributed by atoms with Gasteiger partial charge in [-0.3, -0.25) is 4.68 Å². The molecule has 0 amide bonds. The van der Waals surface area contributed by atoms with Gasteiger partial charge in [0.2, 0.25) is 0 Å². The van der Waals surface area contributed by atoms with Crippen LogP contribution in [-0.4, -0.2) is 28.8 Å². The molecule has 5 nitrogen and oxygen atoms in total. The molecule has 0 aliphatic rings. The van der Waals surface area contributed by atoms with E-state index >= 15 is 0 Å². The lowest BCUT2D eigenvalue weighted by molar-refractivity contribution is 0.765. The van der Waals surface area contributed by atoms with Crippen LogP contribution in [0.25, 0.3) is 0 Å². The van der Waals surface area contributed by atoms with Crippen LogP contribution in [0.2, 0.25) is 5.02 Å². The van der Waals surface area contributed by atoms with Crippen molar-refractivity contribution in [1.82, 2.24) is 20.4 Å². The highest BCUT2D eigenvalue weighted by Gasteiger charge is 2.00. The van der Waals surface area contributed by atoms with Crippen LogP contribution in [0.1, 0.15) is 18.1 Å². The smallest absolute Gasteiger partial charge is 0.191 e. The van der Waals surface area contributed by atoms with Crippen LogP contribution in [0.15, 0.2) is 41.7 Å². The normalized spacial score (nSPS) is 11.0. The number of guanidine groups is 1. The van der Waals surface area contributed by atoms with E-state index in [1.807, 2.05) is 48.4 Å². The molecular weight excluding hydrogens is 425 g/mol. The van der Waals surface area contributed by atoms with Gasteiger partial charge in [0.25, 0.3) is 0 Å². The maximum absolute atomic E-state index is 5.99. The maximum Gasteiger partial charge on any atom is 0.191 e. The van der Waals surface area contributed by atoms with Crippen LogP contribution in [0, 0.1) is 0 Å². The number of benzene rings is 1. The molecule has 2 N–H and O–H groups in total. The molecule has 1 aromatic heterocycles. The number of rotatable bonds is 6. The summed E-state index contributed by atoms with van der Waals surface area (Å²) in [5.41, 5.74) is 2.30. The van der Waals surface area contributed by atoms with E-state index in [-0.39, 0.29) is 24.0 Å². The highest BCUT2D eigenvalue weighted by Crippen LogP contribution is 2.11. The third kappa shape index (κ3) is 7.22. The van der Waals surface area contributed by atoms with E-state index in [4.69, 9.17) is 11.6 Å². The van der Waals surface area contributed by atoms with Crippen molar-refractivity contribution < 1.29 is 0 Å². The van der Waals surface area contributed by atoms with Crippen LogP contribution in [0.3, 0.4) is 0 Å². The second-order valence-corrected chi connectivity index (χ2v) is 5.46. The van der Waals surface area contributed by atoms with Crippen molar-refractivity contribution in [3.8, 4) is 0 Å². The predicted octanol–water partition coefficient (Wildman–Crippen LogP) is 2.99. The minimum absolute atomic E-state index is 0. The summed E-state index contributed by atoms with van der Waals surface area (Å²) in [5, 5.41) is 11.5. The van der Waals surface area contributed by atoms with E-state index in [1.54, 1.807) is 0 Å². The van der Waals surface area contributed by atoms with Crippen molar-refractivity contribution in [1.29, 1.82) is 0 Å². The summed E-state index contributed by atoms with van der Waals surface area (Å²) in [4.78, 5) is 4.58. The van der Waals surface area contributed by atoms with Gasteiger partial charge in [0, 0.05) is 31.4 Å². The molecule has 0 fully saturated rings. The topological polar surface area (TPSA) is 54.2 Å². The Morgan fingerprint density at radius 1 is 1.30 bits per heavy atom. The molecule has 0 aliphatic heterocycles. The van der Waals surface area contributed by atoms with Crippen LogP contribution in [0.5, 0.6) is 0 Å². The van der Waals surface area contributed by atoms with Gasteiger partial charge in [-0.2, -0.15) is 5.10 Å². The van der Waals surface area contributed by atoms with E-state index in [1.165, 1.54) is 5.56 Å². The van der Waals surface area contributed by atoms with E-state index < -0.39 is 0 Å². The molecule has 7 heteroatoms. The molecule has 0 unspecified atom stereocenters. The molecule has 2 rings (SSSR count). The number of nitrogens with one attached hydrogen (secondary N) is 2. The fourth-order valence-electron chi connectivity index (χ4n) is 2.07. The van der Waals surface area contributed by atoms with Gasteiger partial charge in [-0.05, 0) is 36.6 Å². The monoisotopic (exact) mass is 447 g/mol. The Kier molecular flexibility index (Phi) is 9.01. The number of halogens is 2. The quantitative estimate of drug-likeness (QED) is 0.407. The molecule has 0 bridgehead atoms. The zero-order chi connectivity index (χ0) is 15.8.